The summed E-state index contributed by atoms with van der Waals surface area (Å²) in [5.74, 6) is 0.219. The lowest BCUT2D eigenvalue weighted by Gasteiger charge is -2.15. The van der Waals surface area contributed by atoms with Crippen LogP contribution >= 0.6 is 0 Å². The first kappa shape index (κ1) is 11.8. The van der Waals surface area contributed by atoms with Gasteiger partial charge in [0, 0.05) is 31.9 Å². The van der Waals surface area contributed by atoms with Gasteiger partial charge >= 0.3 is 5.97 Å². The molecular weight excluding hydrogens is 218 g/mol. The number of carboxylic acids is 1. The highest BCUT2D eigenvalue weighted by Crippen LogP contribution is 2.22. The number of rotatable bonds is 4. The zero-order valence-corrected chi connectivity index (χ0v) is 9.96. The van der Waals surface area contributed by atoms with E-state index in [1.165, 1.54) is 0 Å². The summed E-state index contributed by atoms with van der Waals surface area (Å²) in [5, 5.41) is 8.75. The van der Waals surface area contributed by atoms with Crippen molar-refractivity contribution in [3.8, 4) is 0 Å². The number of anilines is 1. The first-order valence-electron chi connectivity index (χ1n) is 5.96. The standard InChI is InChI=1S/C12H17N3O2/c1-2-9-6-13-12(14-7-9)15-4-3-10(8-15)5-11(16)17/h6-7,10H,2-5,8H2,1H3,(H,16,17). The molecule has 0 aliphatic carbocycles. The quantitative estimate of drug-likeness (QED) is 0.853. The van der Waals surface area contributed by atoms with E-state index < -0.39 is 5.97 Å². The molecular formula is C12H17N3O2. The molecule has 1 aliphatic rings. The molecule has 1 aromatic heterocycles. The van der Waals surface area contributed by atoms with Crippen molar-refractivity contribution in [3.63, 3.8) is 0 Å². The van der Waals surface area contributed by atoms with Gasteiger partial charge in [0.2, 0.25) is 5.95 Å². The molecule has 1 N–H and O–H groups in total. The molecule has 0 bridgehead atoms. The van der Waals surface area contributed by atoms with Gasteiger partial charge in [-0.15, -0.1) is 0 Å². The van der Waals surface area contributed by atoms with Crippen molar-refractivity contribution in [1.29, 1.82) is 0 Å². The van der Waals surface area contributed by atoms with Crippen LogP contribution in [-0.4, -0.2) is 34.1 Å². The SMILES string of the molecule is CCc1cnc(N2CCC(CC(=O)O)C2)nc1. The fourth-order valence-corrected chi connectivity index (χ4v) is 2.12. The predicted molar refractivity (Wildman–Crippen MR) is 64.0 cm³/mol. The Morgan fingerprint density at radius 3 is 2.82 bits per heavy atom. The van der Waals surface area contributed by atoms with Crippen molar-refractivity contribution in [1.82, 2.24) is 9.97 Å². The highest BCUT2D eigenvalue weighted by molar-refractivity contribution is 5.67. The van der Waals surface area contributed by atoms with Gasteiger partial charge in [-0.3, -0.25) is 4.79 Å². The molecule has 5 heteroatoms. The lowest BCUT2D eigenvalue weighted by molar-refractivity contribution is -0.137. The molecule has 1 aromatic rings. The van der Waals surface area contributed by atoms with Crippen molar-refractivity contribution < 1.29 is 9.90 Å². The molecule has 17 heavy (non-hydrogen) atoms. The van der Waals surface area contributed by atoms with Gasteiger partial charge in [0.25, 0.3) is 0 Å². The molecule has 0 aromatic carbocycles. The van der Waals surface area contributed by atoms with Crippen LogP contribution in [0.3, 0.4) is 0 Å². The maximum absolute atomic E-state index is 10.6. The summed E-state index contributed by atoms with van der Waals surface area (Å²) in [4.78, 5) is 21.3. The highest BCUT2D eigenvalue weighted by Gasteiger charge is 2.25. The van der Waals surface area contributed by atoms with Crippen molar-refractivity contribution in [3.05, 3.63) is 18.0 Å². The lowest BCUT2D eigenvalue weighted by atomic mass is 10.1. The van der Waals surface area contributed by atoms with Crippen molar-refractivity contribution in [2.45, 2.75) is 26.2 Å². The molecule has 2 rings (SSSR count). The summed E-state index contributed by atoms with van der Waals surface area (Å²) < 4.78 is 0. The van der Waals surface area contributed by atoms with Gasteiger partial charge in [-0.25, -0.2) is 9.97 Å². The number of aromatic nitrogens is 2. The number of nitrogens with zero attached hydrogens (tertiary/aromatic N) is 3. The van der Waals surface area contributed by atoms with Crippen molar-refractivity contribution in [2.24, 2.45) is 5.92 Å². The van der Waals surface area contributed by atoms with Crippen LogP contribution in [0.1, 0.15) is 25.3 Å². The third-order valence-corrected chi connectivity index (χ3v) is 3.13. The second-order valence-corrected chi connectivity index (χ2v) is 4.44. The highest BCUT2D eigenvalue weighted by atomic mass is 16.4. The van der Waals surface area contributed by atoms with E-state index >= 15 is 0 Å². The van der Waals surface area contributed by atoms with Crippen LogP contribution in [-0.2, 0) is 11.2 Å². The van der Waals surface area contributed by atoms with E-state index in [0.29, 0.717) is 0 Å². The summed E-state index contributed by atoms with van der Waals surface area (Å²) in [6, 6.07) is 0. The monoisotopic (exact) mass is 235 g/mol. The van der Waals surface area contributed by atoms with E-state index in [4.69, 9.17) is 5.11 Å². The topological polar surface area (TPSA) is 66.3 Å². The van der Waals surface area contributed by atoms with Gasteiger partial charge < -0.3 is 10.0 Å². The fourth-order valence-electron chi connectivity index (χ4n) is 2.12. The Hall–Kier alpha value is -1.65. The van der Waals surface area contributed by atoms with Gasteiger partial charge in [0.1, 0.15) is 0 Å². The smallest absolute Gasteiger partial charge is 0.303 e. The maximum atomic E-state index is 10.6. The fraction of sp³-hybridized carbons (Fsp3) is 0.583. The molecule has 0 amide bonds. The van der Waals surface area contributed by atoms with Crippen molar-refractivity contribution >= 4 is 11.9 Å². The number of hydrogen-bond acceptors (Lipinski definition) is 4. The minimum atomic E-state index is -0.723. The molecule has 1 fully saturated rings. The number of aryl methyl sites for hydroxylation is 1. The van der Waals surface area contributed by atoms with E-state index in [0.717, 1.165) is 37.4 Å². The first-order chi connectivity index (χ1) is 8.19. The predicted octanol–water partition coefficient (Wildman–Crippen LogP) is 1.34. The van der Waals surface area contributed by atoms with E-state index in [2.05, 4.69) is 21.8 Å². The molecule has 5 nitrogen and oxygen atoms in total. The van der Waals surface area contributed by atoms with E-state index in [9.17, 15) is 4.79 Å². The second kappa shape index (κ2) is 5.12. The van der Waals surface area contributed by atoms with Gasteiger partial charge in [-0.1, -0.05) is 6.92 Å². The van der Waals surface area contributed by atoms with Gasteiger partial charge in [0.05, 0.1) is 0 Å². The summed E-state index contributed by atoms with van der Waals surface area (Å²) in [6.07, 6.45) is 5.76. The summed E-state index contributed by atoms with van der Waals surface area (Å²) >= 11 is 0. The Labute approximate surface area is 100 Å². The Morgan fingerprint density at radius 1 is 1.53 bits per heavy atom. The Kier molecular flexibility index (Phi) is 3.56. The molecule has 0 spiro atoms. The maximum Gasteiger partial charge on any atom is 0.303 e. The van der Waals surface area contributed by atoms with Crippen LogP contribution in [0.15, 0.2) is 12.4 Å². The van der Waals surface area contributed by atoms with Crippen molar-refractivity contribution in [2.75, 3.05) is 18.0 Å². The molecule has 0 radical (unpaired) electrons. The molecule has 1 aliphatic heterocycles. The number of carbonyl (C=O) groups is 1. The van der Waals surface area contributed by atoms with E-state index in [1.54, 1.807) is 0 Å². The van der Waals surface area contributed by atoms with E-state index in [-0.39, 0.29) is 12.3 Å². The minimum absolute atomic E-state index is 0.224. The van der Waals surface area contributed by atoms with Crippen LogP contribution in [0.4, 0.5) is 5.95 Å². The molecule has 1 saturated heterocycles. The number of carboxylic acid groups (broad SMARTS) is 1. The molecule has 2 heterocycles. The number of hydrogen-bond donors (Lipinski definition) is 1. The third kappa shape index (κ3) is 2.93. The zero-order valence-electron chi connectivity index (χ0n) is 9.96. The average Bonchev–Trinajstić information content (AvgIpc) is 2.77. The van der Waals surface area contributed by atoms with Crippen LogP contribution in [0, 0.1) is 5.92 Å². The van der Waals surface area contributed by atoms with Crippen LogP contribution in [0.5, 0.6) is 0 Å². The molecule has 92 valence electrons. The molecule has 1 atom stereocenters. The van der Waals surface area contributed by atoms with Gasteiger partial charge in [0.15, 0.2) is 0 Å². The first-order valence-corrected chi connectivity index (χ1v) is 5.96. The Morgan fingerprint density at radius 2 is 2.24 bits per heavy atom. The average molecular weight is 235 g/mol. The molecule has 1 unspecified atom stereocenters. The summed E-state index contributed by atoms with van der Waals surface area (Å²) in [7, 11) is 0. The van der Waals surface area contributed by atoms with Gasteiger partial charge in [-0.05, 0) is 24.3 Å². The normalized spacial score (nSPS) is 19.6. The molecule has 0 saturated carbocycles. The largest absolute Gasteiger partial charge is 0.481 e. The van der Waals surface area contributed by atoms with Crippen LogP contribution in [0.2, 0.25) is 0 Å². The van der Waals surface area contributed by atoms with Crippen LogP contribution in [0.25, 0.3) is 0 Å². The Bertz CT molecular complexity index is 391. The minimum Gasteiger partial charge on any atom is -0.481 e. The second-order valence-electron chi connectivity index (χ2n) is 4.44. The summed E-state index contributed by atoms with van der Waals surface area (Å²) in [6.45, 7) is 3.66. The van der Waals surface area contributed by atoms with Gasteiger partial charge in [-0.2, -0.15) is 0 Å². The summed E-state index contributed by atoms with van der Waals surface area (Å²) in [5.41, 5.74) is 1.12. The zero-order chi connectivity index (χ0) is 12.3. The van der Waals surface area contributed by atoms with E-state index in [1.807, 2.05) is 12.4 Å². The third-order valence-electron chi connectivity index (χ3n) is 3.13. The lowest BCUT2D eigenvalue weighted by Crippen LogP contribution is -2.22. The Balaban J connectivity index is 1.97. The van der Waals surface area contributed by atoms with Crippen LogP contribution < -0.4 is 4.90 Å². The number of aliphatic carboxylic acids is 1.